The van der Waals surface area contributed by atoms with Crippen LogP contribution in [0.3, 0.4) is 0 Å². The van der Waals surface area contributed by atoms with Gasteiger partial charge < -0.3 is 14.8 Å². The van der Waals surface area contributed by atoms with Crippen molar-refractivity contribution in [2.45, 2.75) is 71.3 Å². The number of ketones is 2. The van der Waals surface area contributed by atoms with Crippen molar-refractivity contribution >= 4 is 23.4 Å². The van der Waals surface area contributed by atoms with Crippen LogP contribution in [-0.2, 0) is 35.1 Å². The van der Waals surface area contributed by atoms with E-state index in [1.54, 1.807) is 6.92 Å². The van der Waals surface area contributed by atoms with Crippen molar-refractivity contribution in [3.8, 4) is 0 Å². The standard InChI is InChI=1S/C32H37NO6/c1-18-10-9-13-23-29-31(5,39-29)20(3)27-24(17-22-11-7-6-8-12-22)33-30(37)32(23,27)26(36)15-14-25(35)28(19(2)16-18)38-21(4)34/h6-9,11-16,18,20,23-24,27-29H,10,17H2,1-5H3,(H,33,37)/b13-9+,15-14+,19-16?/t18-,20-,23-,24-,27-,28+,29-,31+,32+/m0/s1. The molecule has 1 N–H and O–H groups in total. The SMILES string of the molecule is CC(=O)O[C@H]1C(=O)/C=C/C(=O)[C@@]23C(=O)N[C@@H](Cc4ccccc4)[C@@H]2[C@H](C)[C@@]2(C)O[C@H]2[C@@H]3/C=C/C[C@H](C)C=C1C. The van der Waals surface area contributed by atoms with Crippen LogP contribution in [0.15, 0.2) is 66.3 Å². The summed E-state index contributed by atoms with van der Waals surface area (Å²) >= 11 is 0. The highest BCUT2D eigenvalue weighted by Crippen LogP contribution is 2.66. The van der Waals surface area contributed by atoms with Gasteiger partial charge in [-0.1, -0.05) is 62.4 Å². The van der Waals surface area contributed by atoms with Crippen LogP contribution in [0, 0.1) is 29.1 Å². The first-order valence-electron chi connectivity index (χ1n) is 13.8. The highest BCUT2D eigenvalue weighted by atomic mass is 16.6. The van der Waals surface area contributed by atoms with Crippen LogP contribution in [0.5, 0.6) is 0 Å². The highest BCUT2D eigenvalue weighted by Gasteiger charge is 2.78. The molecule has 0 unspecified atom stereocenters. The molecule has 4 aliphatic rings. The van der Waals surface area contributed by atoms with Crippen molar-refractivity contribution in [1.82, 2.24) is 5.32 Å². The Balaban J connectivity index is 1.61. The Bertz CT molecular complexity index is 1280. The van der Waals surface area contributed by atoms with Gasteiger partial charge in [0.15, 0.2) is 11.9 Å². The van der Waals surface area contributed by atoms with Gasteiger partial charge in [0.2, 0.25) is 11.7 Å². The minimum Gasteiger partial charge on any atom is -0.450 e. The molecule has 1 aromatic carbocycles. The molecule has 3 fully saturated rings. The summed E-state index contributed by atoms with van der Waals surface area (Å²) in [5.74, 6) is -2.68. The van der Waals surface area contributed by atoms with Gasteiger partial charge in [0.25, 0.3) is 0 Å². The number of ether oxygens (including phenoxy) is 2. The van der Waals surface area contributed by atoms with Crippen LogP contribution in [0.2, 0.25) is 0 Å². The number of amides is 1. The first-order valence-corrected chi connectivity index (χ1v) is 13.8. The Morgan fingerprint density at radius 2 is 1.85 bits per heavy atom. The predicted molar refractivity (Wildman–Crippen MR) is 145 cm³/mol. The third-order valence-corrected chi connectivity index (χ3v) is 9.29. The number of hydrogen-bond acceptors (Lipinski definition) is 6. The summed E-state index contributed by atoms with van der Waals surface area (Å²) < 4.78 is 11.7. The van der Waals surface area contributed by atoms with Crippen LogP contribution in [0.1, 0.15) is 46.6 Å². The molecule has 206 valence electrons. The second kappa shape index (κ2) is 10.0. The molecule has 1 spiro atoms. The van der Waals surface area contributed by atoms with E-state index in [0.29, 0.717) is 18.4 Å². The quantitative estimate of drug-likeness (QED) is 0.275. The monoisotopic (exact) mass is 531 g/mol. The number of nitrogens with one attached hydrogen (secondary N) is 1. The van der Waals surface area contributed by atoms with Crippen LogP contribution in [0.25, 0.3) is 0 Å². The average molecular weight is 532 g/mol. The summed E-state index contributed by atoms with van der Waals surface area (Å²) in [6.45, 7) is 9.16. The molecule has 2 saturated heterocycles. The van der Waals surface area contributed by atoms with Gasteiger partial charge in [0, 0.05) is 24.8 Å². The van der Waals surface area contributed by atoms with Crippen molar-refractivity contribution < 1.29 is 28.7 Å². The maximum atomic E-state index is 14.3. The van der Waals surface area contributed by atoms with Gasteiger partial charge in [0.05, 0.1) is 11.7 Å². The molecule has 7 heteroatoms. The van der Waals surface area contributed by atoms with Crippen LogP contribution in [0.4, 0.5) is 0 Å². The molecule has 2 aliphatic carbocycles. The summed E-state index contributed by atoms with van der Waals surface area (Å²) in [5, 5.41) is 3.19. The molecule has 1 amide bonds. The van der Waals surface area contributed by atoms with Crippen LogP contribution in [-0.4, -0.2) is 47.3 Å². The molecule has 2 heterocycles. The summed E-state index contributed by atoms with van der Waals surface area (Å²) in [6.07, 6.45) is 8.15. The van der Waals surface area contributed by atoms with E-state index in [1.165, 1.54) is 19.1 Å². The lowest BCUT2D eigenvalue weighted by Gasteiger charge is -2.45. The zero-order chi connectivity index (χ0) is 28.1. The third kappa shape index (κ3) is 4.50. The Kier molecular flexibility index (Phi) is 7.00. The topological polar surface area (TPSA) is 102 Å². The predicted octanol–water partition coefficient (Wildman–Crippen LogP) is 3.92. The van der Waals surface area contributed by atoms with E-state index in [0.717, 1.165) is 5.56 Å². The van der Waals surface area contributed by atoms with Crippen molar-refractivity contribution in [2.75, 3.05) is 0 Å². The second-order valence-electron chi connectivity index (χ2n) is 11.8. The summed E-state index contributed by atoms with van der Waals surface area (Å²) in [5.41, 5.74) is -0.177. The largest absolute Gasteiger partial charge is 0.450 e. The van der Waals surface area contributed by atoms with Crippen molar-refractivity contribution in [3.05, 3.63) is 71.8 Å². The summed E-state index contributed by atoms with van der Waals surface area (Å²) in [7, 11) is 0. The van der Waals surface area contributed by atoms with Crippen molar-refractivity contribution in [3.63, 3.8) is 0 Å². The number of carbonyl (C=O) groups excluding carboxylic acids is 4. The van der Waals surface area contributed by atoms with Gasteiger partial charge >= 0.3 is 5.97 Å². The number of epoxide rings is 1. The third-order valence-electron chi connectivity index (χ3n) is 9.29. The number of allylic oxidation sites excluding steroid dienone is 3. The van der Waals surface area contributed by atoms with Gasteiger partial charge in [-0.15, -0.1) is 0 Å². The van der Waals surface area contributed by atoms with Gasteiger partial charge in [-0.3, -0.25) is 19.2 Å². The number of esters is 1. The molecule has 1 saturated carbocycles. The van der Waals surface area contributed by atoms with E-state index in [9.17, 15) is 19.2 Å². The van der Waals surface area contributed by atoms with Gasteiger partial charge in [-0.25, -0.2) is 0 Å². The minimum atomic E-state index is -1.41. The van der Waals surface area contributed by atoms with Crippen molar-refractivity contribution in [1.29, 1.82) is 0 Å². The smallest absolute Gasteiger partial charge is 0.303 e. The van der Waals surface area contributed by atoms with Gasteiger partial charge in [-0.05, 0) is 61.8 Å². The van der Waals surface area contributed by atoms with Crippen LogP contribution < -0.4 is 5.32 Å². The summed E-state index contributed by atoms with van der Waals surface area (Å²) in [4.78, 5) is 53.4. The van der Waals surface area contributed by atoms with Crippen molar-refractivity contribution in [2.24, 2.45) is 29.1 Å². The van der Waals surface area contributed by atoms with Gasteiger partial charge in [0.1, 0.15) is 5.41 Å². The zero-order valence-electron chi connectivity index (χ0n) is 23.2. The number of fused-ring (bicyclic) bond motifs is 2. The van der Waals surface area contributed by atoms with E-state index in [2.05, 4.69) is 19.2 Å². The highest BCUT2D eigenvalue weighted by molar-refractivity contribution is 6.15. The Labute approximate surface area is 229 Å². The van der Waals surface area contributed by atoms with E-state index < -0.39 is 40.6 Å². The average Bonchev–Trinajstić information content (AvgIpc) is 3.50. The lowest BCUT2D eigenvalue weighted by Crippen LogP contribution is -2.58. The minimum absolute atomic E-state index is 0.0385. The molecule has 39 heavy (non-hydrogen) atoms. The van der Waals surface area contributed by atoms with Crippen LogP contribution >= 0.6 is 0 Å². The Hall–Kier alpha value is -3.32. The molecule has 0 radical (unpaired) electrons. The molecule has 2 aliphatic heterocycles. The normalized spacial score (nSPS) is 41.3. The number of benzene rings is 1. The Morgan fingerprint density at radius 1 is 1.13 bits per heavy atom. The fourth-order valence-electron chi connectivity index (χ4n) is 7.30. The van der Waals surface area contributed by atoms with E-state index in [1.807, 2.05) is 55.5 Å². The maximum absolute atomic E-state index is 14.3. The summed E-state index contributed by atoms with van der Waals surface area (Å²) in [6, 6.07) is 9.66. The molecule has 1 aromatic rings. The molecule has 0 bridgehead atoms. The molecule has 7 nitrogen and oxygen atoms in total. The number of rotatable bonds is 3. The fraction of sp³-hybridized carbons (Fsp3) is 0.500. The first-order chi connectivity index (χ1) is 18.5. The number of carbonyl (C=O) groups is 4. The molecular weight excluding hydrogens is 494 g/mol. The fourth-order valence-corrected chi connectivity index (χ4v) is 7.30. The van der Waals surface area contributed by atoms with E-state index in [4.69, 9.17) is 9.47 Å². The Morgan fingerprint density at radius 3 is 2.54 bits per heavy atom. The lowest BCUT2D eigenvalue weighted by molar-refractivity contribution is -0.149. The first kappa shape index (κ1) is 27.3. The van der Waals surface area contributed by atoms with Gasteiger partial charge in [-0.2, -0.15) is 0 Å². The second-order valence-corrected chi connectivity index (χ2v) is 11.8. The van der Waals surface area contributed by atoms with E-state index in [-0.39, 0.29) is 35.8 Å². The molecular formula is C32H37NO6. The molecule has 5 rings (SSSR count). The molecule has 9 atom stereocenters. The maximum Gasteiger partial charge on any atom is 0.303 e. The lowest BCUT2D eigenvalue weighted by atomic mass is 9.51. The number of hydrogen-bond donors (Lipinski definition) is 1. The van der Waals surface area contributed by atoms with E-state index >= 15 is 0 Å². The molecule has 0 aromatic heterocycles. The zero-order valence-corrected chi connectivity index (χ0v) is 23.2.